The summed E-state index contributed by atoms with van der Waals surface area (Å²) >= 11 is 0. The molecule has 1 N–H and O–H groups in total. The molecule has 23 heavy (non-hydrogen) atoms. The highest BCUT2D eigenvalue weighted by Crippen LogP contribution is 2.34. The predicted molar refractivity (Wildman–Crippen MR) is 95.5 cm³/mol. The number of rotatable bonds is 4. The Balaban J connectivity index is 2.01. The van der Waals surface area contributed by atoms with Crippen LogP contribution in [0.5, 0.6) is 0 Å². The molecule has 0 bridgehead atoms. The molecule has 2 atom stereocenters. The number of carbonyl (C=O) groups is 1. The van der Waals surface area contributed by atoms with Gasteiger partial charge in [-0.05, 0) is 31.0 Å². The molecular formula is C20H22N2O. The lowest BCUT2D eigenvalue weighted by molar-refractivity contribution is -0.122. The molecule has 2 unspecified atom stereocenters. The lowest BCUT2D eigenvalue weighted by Crippen LogP contribution is -2.39. The van der Waals surface area contributed by atoms with E-state index in [9.17, 15) is 4.79 Å². The van der Waals surface area contributed by atoms with Crippen LogP contribution >= 0.6 is 0 Å². The van der Waals surface area contributed by atoms with Crippen molar-refractivity contribution < 1.29 is 4.79 Å². The number of amides is 1. The monoisotopic (exact) mass is 306 g/mol. The Morgan fingerprint density at radius 1 is 1.13 bits per heavy atom. The molecule has 1 aliphatic heterocycles. The molecule has 0 spiro atoms. The van der Waals surface area contributed by atoms with Gasteiger partial charge in [-0.25, -0.2) is 0 Å². The number of fused-ring (bicyclic) bond motifs is 1. The van der Waals surface area contributed by atoms with Crippen LogP contribution in [0.25, 0.3) is 0 Å². The highest BCUT2D eigenvalue weighted by atomic mass is 16.2. The number of benzene rings is 2. The van der Waals surface area contributed by atoms with Crippen LogP contribution in [-0.2, 0) is 11.3 Å². The van der Waals surface area contributed by atoms with E-state index in [1.54, 1.807) is 0 Å². The smallest absolute Gasteiger partial charge is 0.232 e. The number of para-hydroxylation sites is 2. The number of hydrogen-bond donors (Lipinski definition) is 1. The van der Waals surface area contributed by atoms with E-state index in [4.69, 9.17) is 0 Å². The van der Waals surface area contributed by atoms with Crippen LogP contribution in [0, 0.1) is 5.92 Å². The number of nitrogens with one attached hydrogen (secondary N) is 1. The molecule has 1 aliphatic rings. The van der Waals surface area contributed by atoms with E-state index in [-0.39, 0.29) is 17.9 Å². The molecule has 0 saturated carbocycles. The third-order valence-corrected chi connectivity index (χ3v) is 4.37. The van der Waals surface area contributed by atoms with Gasteiger partial charge in [0.15, 0.2) is 0 Å². The van der Waals surface area contributed by atoms with Crippen LogP contribution in [-0.4, -0.2) is 11.9 Å². The van der Waals surface area contributed by atoms with Gasteiger partial charge < -0.3 is 10.2 Å². The predicted octanol–water partition coefficient (Wildman–Crippen LogP) is 4.23. The van der Waals surface area contributed by atoms with Gasteiger partial charge in [-0.1, -0.05) is 48.5 Å². The number of carbonyl (C=O) groups excluding carboxylic acids is 1. The Kier molecular flexibility index (Phi) is 4.47. The van der Waals surface area contributed by atoms with Gasteiger partial charge in [0.2, 0.25) is 5.91 Å². The zero-order chi connectivity index (χ0) is 16.2. The second-order valence-electron chi connectivity index (χ2n) is 5.99. The third-order valence-electron chi connectivity index (χ3n) is 4.37. The lowest BCUT2D eigenvalue weighted by atomic mass is 9.96. The van der Waals surface area contributed by atoms with Gasteiger partial charge >= 0.3 is 0 Å². The van der Waals surface area contributed by atoms with Crippen molar-refractivity contribution in [1.82, 2.24) is 0 Å². The number of nitrogens with zero attached hydrogens (tertiary/aromatic N) is 1. The molecule has 0 aliphatic carbocycles. The second kappa shape index (κ2) is 6.69. The van der Waals surface area contributed by atoms with E-state index < -0.39 is 0 Å². The maximum Gasteiger partial charge on any atom is 0.232 e. The summed E-state index contributed by atoms with van der Waals surface area (Å²) in [6, 6.07) is 18.2. The molecule has 0 aromatic heterocycles. The summed E-state index contributed by atoms with van der Waals surface area (Å²) in [6.07, 6.45) is 2.50. The quantitative estimate of drug-likeness (QED) is 0.858. The largest absolute Gasteiger partial charge is 0.380 e. The summed E-state index contributed by atoms with van der Waals surface area (Å²) < 4.78 is 0. The summed E-state index contributed by atoms with van der Waals surface area (Å²) in [5, 5.41) is 3.49. The van der Waals surface area contributed by atoms with Gasteiger partial charge in [0.25, 0.3) is 0 Å². The SMILES string of the molecule is C=CCC1C(=O)N(Cc2ccccc2)c2ccccc2NC1C. The first-order valence-electron chi connectivity index (χ1n) is 8.02. The van der Waals surface area contributed by atoms with Crippen LogP contribution in [0.2, 0.25) is 0 Å². The highest BCUT2D eigenvalue weighted by molar-refractivity contribution is 6.00. The van der Waals surface area contributed by atoms with E-state index >= 15 is 0 Å². The van der Waals surface area contributed by atoms with Crippen LogP contribution in [0.15, 0.2) is 67.3 Å². The topological polar surface area (TPSA) is 32.3 Å². The minimum Gasteiger partial charge on any atom is -0.380 e. The minimum atomic E-state index is -0.108. The first kappa shape index (κ1) is 15.3. The van der Waals surface area contributed by atoms with Crippen molar-refractivity contribution in [2.24, 2.45) is 5.92 Å². The van der Waals surface area contributed by atoms with Crippen LogP contribution in [0.4, 0.5) is 11.4 Å². The summed E-state index contributed by atoms with van der Waals surface area (Å²) in [7, 11) is 0. The Morgan fingerprint density at radius 2 is 1.83 bits per heavy atom. The molecule has 0 radical (unpaired) electrons. The van der Waals surface area contributed by atoms with Crippen molar-refractivity contribution in [2.45, 2.75) is 25.9 Å². The molecular weight excluding hydrogens is 284 g/mol. The second-order valence-corrected chi connectivity index (χ2v) is 5.99. The Morgan fingerprint density at radius 3 is 2.57 bits per heavy atom. The van der Waals surface area contributed by atoms with E-state index in [2.05, 4.69) is 31.0 Å². The third kappa shape index (κ3) is 3.14. The van der Waals surface area contributed by atoms with Crippen molar-refractivity contribution in [3.8, 4) is 0 Å². The fourth-order valence-electron chi connectivity index (χ4n) is 3.12. The molecule has 2 aromatic carbocycles. The minimum absolute atomic E-state index is 0.0717. The normalized spacial score (nSPS) is 20.4. The zero-order valence-corrected chi connectivity index (χ0v) is 13.4. The molecule has 3 rings (SSSR count). The number of allylic oxidation sites excluding steroid dienone is 1. The van der Waals surface area contributed by atoms with Gasteiger partial charge in [0.05, 0.1) is 23.8 Å². The molecule has 118 valence electrons. The van der Waals surface area contributed by atoms with Crippen molar-refractivity contribution in [3.63, 3.8) is 0 Å². The van der Waals surface area contributed by atoms with Gasteiger partial charge in [-0.3, -0.25) is 4.79 Å². The van der Waals surface area contributed by atoms with Crippen molar-refractivity contribution >= 4 is 17.3 Å². The zero-order valence-electron chi connectivity index (χ0n) is 13.4. The summed E-state index contributed by atoms with van der Waals surface area (Å²) in [5.74, 6) is 0.0438. The molecule has 1 amide bonds. The molecule has 1 heterocycles. The molecule has 3 heteroatoms. The maximum atomic E-state index is 13.2. The Hall–Kier alpha value is -2.55. The van der Waals surface area contributed by atoms with Crippen LogP contribution in [0.1, 0.15) is 18.9 Å². The molecule has 3 nitrogen and oxygen atoms in total. The van der Waals surface area contributed by atoms with E-state index in [1.807, 2.05) is 53.4 Å². The first-order chi connectivity index (χ1) is 11.2. The Bertz CT molecular complexity index is 696. The molecule has 0 fully saturated rings. The fourth-order valence-corrected chi connectivity index (χ4v) is 3.12. The fraction of sp³-hybridized carbons (Fsp3) is 0.250. The lowest BCUT2D eigenvalue weighted by Gasteiger charge is -2.26. The summed E-state index contributed by atoms with van der Waals surface area (Å²) in [6.45, 7) is 6.46. The standard InChI is InChI=1S/C20H22N2O/c1-3-9-17-15(2)21-18-12-7-8-13-19(18)22(20(17)23)14-16-10-5-4-6-11-16/h3-8,10-13,15,17,21H,1,9,14H2,2H3. The van der Waals surface area contributed by atoms with Crippen molar-refractivity contribution in [3.05, 3.63) is 72.8 Å². The first-order valence-corrected chi connectivity index (χ1v) is 8.02. The van der Waals surface area contributed by atoms with Crippen LogP contribution in [0.3, 0.4) is 0 Å². The molecule has 0 saturated heterocycles. The Labute approximate surface area is 137 Å². The highest BCUT2D eigenvalue weighted by Gasteiger charge is 2.33. The van der Waals surface area contributed by atoms with Crippen molar-refractivity contribution in [1.29, 1.82) is 0 Å². The van der Waals surface area contributed by atoms with Gasteiger partial charge in [-0.15, -0.1) is 6.58 Å². The van der Waals surface area contributed by atoms with E-state index in [0.717, 1.165) is 16.9 Å². The average Bonchev–Trinajstić information content (AvgIpc) is 2.67. The van der Waals surface area contributed by atoms with E-state index in [0.29, 0.717) is 13.0 Å². The summed E-state index contributed by atoms with van der Waals surface area (Å²) in [5.41, 5.74) is 3.08. The van der Waals surface area contributed by atoms with Gasteiger partial charge in [0.1, 0.15) is 0 Å². The van der Waals surface area contributed by atoms with Crippen molar-refractivity contribution in [2.75, 3.05) is 10.2 Å². The maximum absolute atomic E-state index is 13.2. The number of hydrogen-bond acceptors (Lipinski definition) is 2. The van der Waals surface area contributed by atoms with E-state index in [1.165, 1.54) is 0 Å². The average molecular weight is 306 g/mol. The number of anilines is 2. The van der Waals surface area contributed by atoms with Gasteiger partial charge in [-0.2, -0.15) is 0 Å². The van der Waals surface area contributed by atoms with Crippen LogP contribution < -0.4 is 10.2 Å². The molecule has 2 aromatic rings. The summed E-state index contributed by atoms with van der Waals surface area (Å²) in [4.78, 5) is 15.0. The van der Waals surface area contributed by atoms with Gasteiger partial charge in [0, 0.05) is 6.04 Å².